The third-order valence-electron chi connectivity index (χ3n) is 4.45. The Morgan fingerprint density at radius 1 is 0.933 bits per heavy atom. The molecule has 0 aliphatic heterocycles. The van der Waals surface area contributed by atoms with E-state index < -0.39 is 10.0 Å². The zero-order valence-corrected chi connectivity index (χ0v) is 16.7. The van der Waals surface area contributed by atoms with Gasteiger partial charge in [0.05, 0.1) is 17.7 Å². The molecular formula is C22H19N3O4S. The van der Waals surface area contributed by atoms with Crippen LogP contribution < -0.4 is 10.0 Å². The third kappa shape index (κ3) is 4.51. The summed E-state index contributed by atoms with van der Waals surface area (Å²) in [5.74, 6) is 0.184. The minimum absolute atomic E-state index is 0.0509. The lowest BCUT2D eigenvalue weighted by molar-refractivity contribution is 0.102. The van der Waals surface area contributed by atoms with Crippen LogP contribution in [0.15, 0.2) is 101 Å². The lowest BCUT2D eigenvalue weighted by atomic mass is 10.2. The Morgan fingerprint density at radius 2 is 1.70 bits per heavy atom. The first-order chi connectivity index (χ1) is 14.5. The van der Waals surface area contributed by atoms with E-state index in [1.165, 1.54) is 30.5 Å². The van der Waals surface area contributed by atoms with Crippen molar-refractivity contribution in [3.8, 4) is 5.69 Å². The molecule has 2 aromatic carbocycles. The molecule has 1 amide bonds. The van der Waals surface area contributed by atoms with E-state index in [9.17, 15) is 13.2 Å². The molecular weight excluding hydrogens is 402 g/mol. The molecule has 0 radical (unpaired) electrons. The summed E-state index contributed by atoms with van der Waals surface area (Å²) in [6, 6.07) is 20.4. The molecule has 0 spiro atoms. The van der Waals surface area contributed by atoms with Crippen LogP contribution in [0.3, 0.4) is 0 Å². The first-order valence-electron chi connectivity index (χ1n) is 9.18. The standard InChI is InChI=1S/C22H19N3O4S/c26-22(24-18-5-3-6-19(15-18)25-12-1-2-13-25)17-8-10-21(11-9-17)30(27,28)23-16-20-7-4-14-29-20/h1-15,23H,16H2,(H,24,26). The molecule has 0 atom stereocenters. The van der Waals surface area contributed by atoms with Crippen LogP contribution in [-0.4, -0.2) is 18.9 Å². The predicted octanol–water partition coefficient (Wildman–Crippen LogP) is 3.80. The molecule has 0 unspecified atom stereocenters. The van der Waals surface area contributed by atoms with Gasteiger partial charge in [-0.1, -0.05) is 6.07 Å². The Labute approximate surface area is 174 Å². The minimum Gasteiger partial charge on any atom is -0.468 e. The smallest absolute Gasteiger partial charge is 0.255 e. The van der Waals surface area contributed by atoms with Crippen LogP contribution in [0.1, 0.15) is 16.1 Å². The molecule has 2 N–H and O–H groups in total. The molecule has 0 bridgehead atoms. The van der Waals surface area contributed by atoms with Gasteiger partial charge in [-0.3, -0.25) is 4.79 Å². The van der Waals surface area contributed by atoms with Gasteiger partial charge in [-0.05, 0) is 66.7 Å². The maximum Gasteiger partial charge on any atom is 0.255 e. The van der Waals surface area contributed by atoms with Gasteiger partial charge < -0.3 is 14.3 Å². The summed E-state index contributed by atoms with van der Waals surface area (Å²) in [6.07, 6.45) is 5.31. The number of furan rings is 1. The van der Waals surface area contributed by atoms with Crippen LogP contribution in [-0.2, 0) is 16.6 Å². The molecule has 2 aromatic heterocycles. The molecule has 152 valence electrons. The number of carbonyl (C=O) groups excluding carboxylic acids is 1. The first kappa shape index (κ1) is 19.7. The van der Waals surface area contributed by atoms with E-state index in [4.69, 9.17) is 4.42 Å². The fourth-order valence-corrected chi connectivity index (χ4v) is 3.90. The van der Waals surface area contributed by atoms with Crippen molar-refractivity contribution in [1.82, 2.24) is 9.29 Å². The highest BCUT2D eigenvalue weighted by Gasteiger charge is 2.15. The van der Waals surface area contributed by atoms with Gasteiger partial charge in [0.2, 0.25) is 10.0 Å². The summed E-state index contributed by atoms with van der Waals surface area (Å²) in [6.45, 7) is 0.0509. The van der Waals surface area contributed by atoms with E-state index in [2.05, 4.69) is 10.0 Å². The van der Waals surface area contributed by atoms with Crippen LogP contribution in [0.25, 0.3) is 5.69 Å². The largest absolute Gasteiger partial charge is 0.468 e. The number of nitrogens with zero attached hydrogens (tertiary/aromatic N) is 1. The molecule has 0 saturated heterocycles. The number of benzene rings is 2. The molecule has 0 aliphatic carbocycles. The highest BCUT2D eigenvalue weighted by Crippen LogP contribution is 2.17. The first-order valence-corrected chi connectivity index (χ1v) is 10.7. The lowest BCUT2D eigenvalue weighted by Gasteiger charge is -2.09. The van der Waals surface area contributed by atoms with Gasteiger partial charge in [0, 0.05) is 29.3 Å². The van der Waals surface area contributed by atoms with Crippen molar-refractivity contribution in [3.63, 3.8) is 0 Å². The van der Waals surface area contributed by atoms with Crippen molar-refractivity contribution in [1.29, 1.82) is 0 Å². The second-order valence-corrected chi connectivity index (χ2v) is 8.29. The molecule has 2 heterocycles. The summed E-state index contributed by atoms with van der Waals surface area (Å²) in [5.41, 5.74) is 1.91. The number of hydrogen-bond acceptors (Lipinski definition) is 4. The van der Waals surface area contributed by atoms with Crippen LogP contribution in [0.2, 0.25) is 0 Å². The molecule has 0 saturated carbocycles. The summed E-state index contributed by atoms with van der Waals surface area (Å²) >= 11 is 0. The SMILES string of the molecule is O=C(Nc1cccc(-n2cccc2)c1)c1ccc(S(=O)(=O)NCc2ccco2)cc1. The molecule has 0 fully saturated rings. The van der Waals surface area contributed by atoms with E-state index in [0.29, 0.717) is 17.0 Å². The average molecular weight is 421 g/mol. The minimum atomic E-state index is -3.71. The molecule has 7 nitrogen and oxygen atoms in total. The second kappa shape index (κ2) is 8.40. The van der Waals surface area contributed by atoms with Crippen molar-refractivity contribution < 1.29 is 17.6 Å². The van der Waals surface area contributed by atoms with Gasteiger partial charge >= 0.3 is 0 Å². The van der Waals surface area contributed by atoms with Crippen molar-refractivity contribution in [2.24, 2.45) is 0 Å². The van der Waals surface area contributed by atoms with E-state index in [-0.39, 0.29) is 17.3 Å². The Hall–Kier alpha value is -3.62. The molecule has 4 aromatic rings. The van der Waals surface area contributed by atoms with Crippen LogP contribution >= 0.6 is 0 Å². The topological polar surface area (TPSA) is 93.3 Å². The van der Waals surface area contributed by atoms with Gasteiger partial charge in [0.1, 0.15) is 5.76 Å². The molecule has 4 rings (SSSR count). The number of carbonyl (C=O) groups is 1. The monoisotopic (exact) mass is 421 g/mol. The summed E-state index contributed by atoms with van der Waals surface area (Å²) in [4.78, 5) is 12.6. The van der Waals surface area contributed by atoms with Crippen LogP contribution in [0, 0.1) is 0 Å². The van der Waals surface area contributed by atoms with Gasteiger partial charge in [-0.2, -0.15) is 0 Å². The maximum atomic E-state index is 12.6. The normalized spacial score (nSPS) is 11.3. The predicted molar refractivity (Wildman–Crippen MR) is 113 cm³/mol. The number of rotatable bonds is 7. The summed E-state index contributed by atoms with van der Waals surface area (Å²) in [7, 11) is -3.71. The summed E-state index contributed by atoms with van der Waals surface area (Å²) < 4.78 is 34.3. The summed E-state index contributed by atoms with van der Waals surface area (Å²) in [5, 5.41) is 2.83. The van der Waals surface area contributed by atoms with Gasteiger partial charge in [-0.15, -0.1) is 0 Å². The Balaban J connectivity index is 1.43. The number of aromatic nitrogens is 1. The molecule has 8 heteroatoms. The van der Waals surface area contributed by atoms with Crippen molar-refractivity contribution in [2.75, 3.05) is 5.32 Å². The third-order valence-corrected chi connectivity index (χ3v) is 5.87. The van der Waals surface area contributed by atoms with Gasteiger partial charge in [0.15, 0.2) is 0 Å². The number of sulfonamides is 1. The molecule has 30 heavy (non-hydrogen) atoms. The quantitative estimate of drug-likeness (QED) is 0.475. The van der Waals surface area contributed by atoms with Crippen molar-refractivity contribution in [3.05, 3.63) is 103 Å². The average Bonchev–Trinajstić information content (AvgIpc) is 3.47. The highest BCUT2D eigenvalue weighted by atomic mass is 32.2. The highest BCUT2D eigenvalue weighted by molar-refractivity contribution is 7.89. The number of hydrogen-bond donors (Lipinski definition) is 2. The fourth-order valence-electron chi connectivity index (χ4n) is 2.90. The Kier molecular flexibility index (Phi) is 5.51. The van der Waals surface area contributed by atoms with E-state index in [0.717, 1.165) is 5.69 Å². The zero-order chi connectivity index (χ0) is 21.0. The Bertz CT molecular complexity index is 1230. The second-order valence-electron chi connectivity index (χ2n) is 6.52. The van der Waals surface area contributed by atoms with Gasteiger partial charge in [-0.25, -0.2) is 13.1 Å². The van der Waals surface area contributed by atoms with Crippen LogP contribution in [0.5, 0.6) is 0 Å². The number of anilines is 1. The number of nitrogens with one attached hydrogen (secondary N) is 2. The van der Waals surface area contributed by atoms with E-state index >= 15 is 0 Å². The maximum absolute atomic E-state index is 12.6. The van der Waals surface area contributed by atoms with Crippen molar-refractivity contribution in [2.45, 2.75) is 11.4 Å². The fraction of sp³-hybridized carbons (Fsp3) is 0.0455. The van der Waals surface area contributed by atoms with E-state index in [1.807, 2.05) is 47.3 Å². The van der Waals surface area contributed by atoms with Crippen LogP contribution in [0.4, 0.5) is 5.69 Å². The zero-order valence-electron chi connectivity index (χ0n) is 15.9. The van der Waals surface area contributed by atoms with Gasteiger partial charge in [0.25, 0.3) is 5.91 Å². The Morgan fingerprint density at radius 3 is 2.40 bits per heavy atom. The molecule has 0 aliphatic rings. The number of amides is 1. The lowest BCUT2D eigenvalue weighted by Crippen LogP contribution is -2.23. The van der Waals surface area contributed by atoms with E-state index in [1.54, 1.807) is 18.2 Å². The van der Waals surface area contributed by atoms with Crippen molar-refractivity contribution >= 4 is 21.6 Å².